The van der Waals surface area contributed by atoms with Gasteiger partial charge in [-0.2, -0.15) is 4.52 Å². The number of hydrogen-bond donors (Lipinski definition) is 0. The fraction of sp³-hybridized carbons (Fsp3) is 0.357. The van der Waals surface area contributed by atoms with Crippen molar-refractivity contribution in [2.45, 2.75) is 0 Å². The molecule has 1 aliphatic heterocycles. The quantitative estimate of drug-likeness (QED) is 0.672. The average Bonchev–Trinajstić information content (AvgIpc) is 2.92. The molecule has 6 nitrogen and oxygen atoms in total. The second-order valence-corrected chi connectivity index (χ2v) is 6.24. The number of hydrogen-bond acceptors (Lipinski definition) is 6. The topological polar surface area (TPSA) is 53.7 Å². The summed E-state index contributed by atoms with van der Waals surface area (Å²) >= 11 is 1.48. The van der Waals surface area contributed by atoms with Crippen molar-refractivity contribution in [2.75, 3.05) is 38.1 Å². The van der Waals surface area contributed by atoms with Crippen molar-refractivity contribution in [3.05, 3.63) is 34.6 Å². The molecule has 0 radical (unpaired) electrons. The van der Waals surface area contributed by atoms with E-state index in [9.17, 15) is 4.79 Å². The summed E-state index contributed by atoms with van der Waals surface area (Å²) in [7, 11) is 2.12. The molecule has 1 aromatic carbocycles. The fourth-order valence-corrected chi connectivity index (χ4v) is 3.52. The second kappa shape index (κ2) is 4.78. The molecule has 0 N–H and O–H groups in total. The van der Waals surface area contributed by atoms with Crippen LogP contribution in [-0.4, -0.2) is 52.7 Å². The van der Waals surface area contributed by atoms with Crippen molar-refractivity contribution in [2.24, 2.45) is 0 Å². The van der Waals surface area contributed by atoms with Gasteiger partial charge < -0.3 is 9.80 Å². The van der Waals surface area contributed by atoms with Crippen LogP contribution in [0.5, 0.6) is 0 Å². The first-order valence-corrected chi connectivity index (χ1v) is 7.76. The number of anilines is 1. The molecule has 0 aliphatic carbocycles. The van der Waals surface area contributed by atoms with Crippen LogP contribution in [0.3, 0.4) is 0 Å². The van der Waals surface area contributed by atoms with Crippen LogP contribution >= 0.6 is 11.3 Å². The highest BCUT2D eigenvalue weighted by Gasteiger charge is 2.19. The average molecular weight is 301 g/mol. The molecule has 3 aromatic rings. The Morgan fingerprint density at radius 3 is 2.71 bits per heavy atom. The van der Waals surface area contributed by atoms with Crippen LogP contribution in [0.4, 0.5) is 5.13 Å². The van der Waals surface area contributed by atoms with Gasteiger partial charge in [0.1, 0.15) is 0 Å². The third-order valence-corrected chi connectivity index (χ3v) is 4.84. The molecule has 1 saturated heterocycles. The first kappa shape index (κ1) is 12.7. The number of likely N-dealkylation sites (N-methyl/N-ethyl adjacent to an activating group) is 1. The Labute approximate surface area is 125 Å². The van der Waals surface area contributed by atoms with Crippen LogP contribution in [-0.2, 0) is 0 Å². The molecule has 0 bridgehead atoms. The van der Waals surface area contributed by atoms with E-state index >= 15 is 0 Å². The van der Waals surface area contributed by atoms with E-state index in [4.69, 9.17) is 0 Å². The van der Waals surface area contributed by atoms with Crippen molar-refractivity contribution in [1.82, 2.24) is 19.5 Å². The van der Waals surface area contributed by atoms with E-state index in [2.05, 4.69) is 26.9 Å². The molecule has 2 aromatic heterocycles. The lowest BCUT2D eigenvalue weighted by Gasteiger charge is -2.31. The van der Waals surface area contributed by atoms with E-state index in [1.807, 2.05) is 18.2 Å². The number of aromatic nitrogens is 3. The molecule has 4 rings (SSSR count). The smallest absolute Gasteiger partial charge is 0.283 e. The number of fused-ring (bicyclic) bond motifs is 2. The molecule has 0 spiro atoms. The standard InChI is InChI=1S/C14H15N5OS/c1-17-6-8-18(9-7-17)14-16-19-12(20)10-4-2-3-5-11(10)15-13(19)21-14/h2-5H,6-9H2,1H3. The maximum atomic E-state index is 12.5. The van der Waals surface area contributed by atoms with Gasteiger partial charge in [0.15, 0.2) is 0 Å². The Balaban J connectivity index is 1.84. The molecule has 7 heteroatoms. The predicted octanol–water partition coefficient (Wildman–Crippen LogP) is 1.06. The molecular formula is C14H15N5OS. The first-order valence-electron chi connectivity index (χ1n) is 6.94. The highest BCUT2D eigenvalue weighted by molar-refractivity contribution is 7.20. The number of piperazine rings is 1. The SMILES string of the molecule is CN1CCN(c2nn3c(=O)c4ccccc4nc3s2)CC1. The van der Waals surface area contributed by atoms with Gasteiger partial charge in [0, 0.05) is 26.2 Å². The van der Waals surface area contributed by atoms with E-state index in [0.29, 0.717) is 10.3 Å². The Morgan fingerprint density at radius 2 is 1.90 bits per heavy atom. The van der Waals surface area contributed by atoms with Crippen molar-refractivity contribution in [1.29, 1.82) is 0 Å². The first-order chi connectivity index (χ1) is 10.2. The number of para-hydroxylation sites is 1. The largest absolute Gasteiger partial charge is 0.344 e. The molecule has 108 valence electrons. The third-order valence-electron chi connectivity index (χ3n) is 3.87. The van der Waals surface area contributed by atoms with Crippen LogP contribution < -0.4 is 10.5 Å². The maximum absolute atomic E-state index is 12.5. The molecule has 1 aliphatic rings. The highest BCUT2D eigenvalue weighted by atomic mass is 32.1. The monoisotopic (exact) mass is 301 g/mol. The minimum Gasteiger partial charge on any atom is -0.344 e. The third kappa shape index (κ3) is 2.09. The molecular weight excluding hydrogens is 286 g/mol. The van der Waals surface area contributed by atoms with Crippen molar-refractivity contribution < 1.29 is 0 Å². The molecule has 0 amide bonds. The van der Waals surface area contributed by atoms with Crippen molar-refractivity contribution >= 4 is 32.3 Å². The Hall–Kier alpha value is -1.99. The van der Waals surface area contributed by atoms with E-state index in [1.54, 1.807) is 6.07 Å². The van der Waals surface area contributed by atoms with Crippen LogP contribution in [0, 0.1) is 0 Å². The summed E-state index contributed by atoms with van der Waals surface area (Å²) in [6, 6.07) is 7.41. The lowest BCUT2D eigenvalue weighted by molar-refractivity contribution is 0.312. The van der Waals surface area contributed by atoms with Gasteiger partial charge in [0.25, 0.3) is 5.56 Å². The zero-order valence-electron chi connectivity index (χ0n) is 11.7. The molecule has 1 fully saturated rings. The summed E-state index contributed by atoms with van der Waals surface area (Å²) in [5.74, 6) is 0. The zero-order chi connectivity index (χ0) is 14.4. The van der Waals surface area contributed by atoms with Crippen LogP contribution in [0.15, 0.2) is 29.1 Å². The van der Waals surface area contributed by atoms with Crippen LogP contribution in [0.2, 0.25) is 0 Å². The van der Waals surface area contributed by atoms with Crippen molar-refractivity contribution in [3.8, 4) is 0 Å². The second-order valence-electron chi connectivity index (χ2n) is 5.30. The summed E-state index contributed by atoms with van der Waals surface area (Å²) in [5.41, 5.74) is 0.642. The Kier molecular flexibility index (Phi) is 2.90. The molecule has 21 heavy (non-hydrogen) atoms. The van der Waals surface area contributed by atoms with Gasteiger partial charge in [-0.05, 0) is 19.2 Å². The zero-order valence-corrected chi connectivity index (χ0v) is 12.5. The van der Waals surface area contributed by atoms with Gasteiger partial charge in [-0.15, -0.1) is 5.10 Å². The molecule has 3 heterocycles. The number of benzene rings is 1. The van der Waals surface area contributed by atoms with Gasteiger partial charge in [0.2, 0.25) is 10.1 Å². The molecule has 0 saturated carbocycles. The fourth-order valence-electron chi connectivity index (χ4n) is 2.57. The maximum Gasteiger partial charge on any atom is 0.283 e. The molecule has 0 atom stereocenters. The minimum absolute atomic E-state index is 0.0905. The number of rotatable bonds is 1. The normalized spacial score (nSPS) is 16.9. The van der Waals surface area contributed by atoms with E-state index in [1.165, 1.54) is 15.9 Å². The summed E-state index contributed by atoms with van der Waals surface area (Å²) in [4.78, 5) is 22.2. The Bertz CT molecular complexity index is 863. The minimum atomic E-state index is -0.0905. The van der Waals surface area contributed by atoms with E-state index in [0.717, 1.165) is 36.8 Å². The number of nitrogens with zero attached hydrogens (tertiary/aromatic N) is 5. The summed E-state index contributed by atoms with van der Waals surface area (Å²) < 4.78 is 1.43. The van der Waals surface area contributed by atoms with E-state index < -0.39 is 0 Å². The lowest BCUT2D eigenvalue weighted by atomic mass is 10.2. The Morgan fingerprint density at radius 1 is 1.14 bits per heavy atom. The summed E-state index contributed by atoms with van der Waals surface area (Å²) in [6.45, 7) is 3.90. The van der Waals surface area contributed by atoms with Gasteiger partial charge >= 0.3 is 0 Å². The van der Waals surface area contributed by atoms with Gasteiger partial charge in [0.05, 0.1) is 10.9 Å². The van der Waals surface area contributed by atoms with Gasteiger partial charge in [-0.3, -0.25) is 4.79 Å². The van der Waals surface area contributed by atoms with Crippen LogP contribution in [0.25, 0.3) is 15.9 Å². The van der Waals surface area contributed by atoms with Crippen LogP contribution in [0.1, 0.15) is 0 Å². The van der Waals surface area contributed by atoms with Gasteiger partial charge in [-0.1, -0.05) is 23.5 Å². The summed E-state index contributed by atoms with van der Waals surface area (Å²) in [6.07, 6.45) is 0. The lowest BCUT2D eigenvalue weighted by Crippen LogP contribution is -2.44. The highest BCUT2D eigenvalue weighted by Crippen LogP contribution is 2.23. The van der Waals surface area contributed by atoms with Gasteiger partial charge in [-0.25, -0.2) is 4.98 Å². The summed E-state index contributed by atoms with van der Waals surface area (Å²) in [5, 5.41) is 5.97. The predicted molar refractivity (Wildman–Crippen MR) is 84.4 cm³/mol. The van der Waals surface area contributed by atoms with Crippen molar-refractivity contribution in [3.63, 3.8) is 0 Å². The van der Waals surface area contributed by atoms with E-state index in [-0.39, 0.29) is 5.56 Å². The molecule has 0 unspecified atom stereocenters.